The number of hydrogen-bond acceptors (Lipinski definition) is 2. The van der Waals surface area contributed by atoms with Crippen molar-refractivity contribution in [2.24, 2.45) is 0 Å². The first-order chi connectivity index (χ1) is 3.80. The Kier molecular flexibility index (Phi) is 1.65. The van der Waals surface area contributed by atoms with Gasteiger partial charge in [0.15, 0.2) is 0 Å². The predicted octanol–water partition coefficient (Wildman–Crippen LogP) is 0.0582. The lowest BCUT2D eigenvalue weighted by Crippen LogP contribution is -2.25. The normalized spacial score (nSPS) is 37.8. The SMILES string of the molecule is OC1C=CCCC1O. The molecule has 0 aliphatic heterocycles. The minimum Gasteiger partial charge on any atom is -0.390 e. The summed E-state index contributed by atoms with van der Waals surface area (Å²) in [6.45, 7) is 0. The molecule has 2 N–H and O–H groups in total. The van der Waals surface area contributed by atoms with Crippen molar-refractivity contribution < 1.29 is 10.2 Å². The van der Waals surface area contributed by atoms with Crippen LogP contribution in [-0.4, -0.2) is 22.4 Å². The van der Waals surface area contributed by atoms with Gasteiger partial charge < -0.3 is 10.2 Å². The summed E-state index contributed by atoms with van der Waals surface area (Å²) < 4.78 is 0. The van der Waals surface area contributed by atoms with Crippen LogP contribution < -0.4 is 0 Å². The molecule has 0 aromatic heterocycles. The molecule has 0 saturated carbocycles. The van der Waals surface area contributed by atoms with Crippen molar-refractivity contribution in [1.29, 1.82) is 0 Å². The summed E-state index contributed by atoms with van der Waals surface area (Å²) in [6.07, 6.45) is 3.95. The van der Waals surface area contributed by atoms with Gasteiger partial charge in [0, 0.05) is 0 Å². The molecule has 1 aliphatic carbocycles. The van der Waals surface area contributed by atoms with Gasteiger partial charge in [0.05, 0.1) is 12.2 Å². The molecule has 0 spiro atoms. The lowest BCUT2D eigenvalue weighted by Gasteiger charge is -2.16. The molecule has 0 amide bonds. The van der Waals surface area contributed by atoms with Gasteiger partial charge in [0.25, 0.3) is 0 Å². The van der Waals surface area contributed by atoms with Crippen molar-refractivity contribution in [3.05, 3.63) is 12.2 Å². The van der Waals surface area contributed by atoms with Gasteiger partial charge in [-0.15, -0.1) is 0 Å². The molecule has 0 aromatic rings. The van der Waals surface area contributed by atoms with Crippen LogP contribution in [0.5, 0.6) is 0 Å². The van der Waals surface area contributed by atoms with Crippen LogP contribution in [0.4, 0.5) is 0 Å². The Morgan fingerprint density at radius 3 is 2.50 bits per heavy atom. The molecule has 2 atom stereocenters. The second-order valence-corrected chi connectivity index (χ2v) is 2.06. The van der Waals surface area contributed by atoms with Gasteiger partial charge in [0.1, 0.15) is 0 Å². The smallest absolute Gasteiger partial charge is 0.0980 e. The highest BCUT2D eigenvalue weighted by atomic mass is 16.3. The van der Waals surface area contributed by atoms with E-state index < -0.39 is 12.2 Å². The van der Waals surface area contributed by atoms with Gasteiger partial charge in [-0.3, -0.25) is 0 Å². The lowest BCUT2D eigenvalue weighted by atomic mass is 10.0. The monoisotopic (exact) mass is 114 g/mol. The highest BCUT2D eigenvalue weighted by Gasteiger charge is 2.14. The van der Waals surface area contributed by atoms with Crippen LogP contribution in [0.3, 0.4) is 0 Å². The van der Waals surface area contributed by atoms with E-state index in [4.69, 9.17) is 10.2 Å². The predicted molar refractivity (Wildman–Crippen MR) is 30.4 cm³/mol. The van der Waals surface area contributed by atoms with E-state index in [0.29, 0.717) is 6.42 Å². The molecule has 2 heteroatoms. The maximum atomic E-state index is 8.88. The molecular weight excluding hydrogens is 104 g/mol. The second-order valence-electron chi connectivity index (χ2n) is 2.06. The average molecular weight is 114 g/mol. The van der Waals surface area contributed by atoms with Crippen LogP contribution in [-0.2, 0) is 0 Å². The topological polar surface area (TPSA) is 40.5 Å². The van der Waals surface area contributed by atoms with Crippen LogP contribution >= 0.6 is 0 Å². The first kappa shape index (κ1) is 5.79. The van der Waals surface area contributed by atoms with Gasteiger partial charge in [-0.25, -0.2) is 0 Å². The van der Waals surface area contributed by atoms with Crippen molar-refractivity contribution in [2.75, 3.05) is 0 Å². The molecule has 8 heavy (non-hydrogen) atoms. The van der Waals surface area contributed by atoms with E-state index in [2.05, 4.69) is 0 Å². The summed E-state index contributed by atoms with van der Waals surface area (Å²) in [5.41, 5.74) is 0. The maximum absolute atomic E-state index is 8.88. The molecule has 0 aromatic carbocycles. The van der Waals surface area contributed by atoms with E-state index >= 15 is 0 Å². The summed E-state index contributed by atoms with van der Waals surface area (Å²) in [7, 11) is 0. The molecule has 0 bridgehead atoms. The van der Waals surface area contributed by atoms with Crippen molar-refractivity contribution >= 4 is 0 Å². The summed E-state index contributed by atoms with van der Waals surface area (Å²) in [6, 6.07) is 0. The quantitative estimate of drug-likeness (QED) is 0.437. The minimum atomic E-state index is -0.622. The van der Waals surface area contributed by atoms with Crippen LogP contribution in [0.25, 0.3) is 0 Å². The number of allylic oxidation sites excluding steroid dienone is 1. The standard InChI is InChI=1S/C6H10O2/c7-5-3-1-2-4-6(5)8/h1,3,5-8H,2,4H2. The third-order valence-electron chi connectivity index (χ3n) is 1.36. The Balaban J connectivity index is 2.47. The number of hydrogen-bond donors (Lipinski definition) is 2. The zero-order chi connectivity index (χ0) is 5.98. The molecule has 1 rings (SSSR count). The average Bonchev–Trinajstić information content (AvgIpc) is 1.77. The third kappa shape index (κ3) is 1.08. The molecule has 0 radical (unpaired) electrons. The highest BCUT2D eigenvalue weighted by Crippen LogP contribution is 2.10. The third-order valence-corrected chi connectivity index (χ3v) is 1.36. The first-order valence-electron chi connectivity index (χ1n) is 2.83. The van der Waals surface area contributed by atoms with Gasteiger partial charge in [-0.1, -0.05) is 12.2 Å². The van der Waals surface area contributed by atoms with Crippen LogP contribution in [0.15, 0.2) is 12.2 Å². The summed E-state index contributed by atoms with van der Waals surface area (Å²) >= 11 is 0. The zero-order valence-electron chi connectivity index (χ0n) is 4.62. The minimum absolute atomic E-state index is 0.528. The molecule has 46 valence electrons. The molecule has 2 nitrogen and oxygen atoms in total. The molecule has 2 unspecified atom stereocenters. The van der Waals surface area contributed by atoms with Gasteiger partial charge in [0.2, 0.25) is 0 Å². The van der Waals surface area contributed by atoms with E-state index in [1.54, 1.807) is 6.08 Å². The fourth-order valence-electron chi connectivity index (χ4n) is 0.802. The number of rotatable bonds is 0. The summed E-state index contributed by atoms with van der Waals surface area (Å²) in [4.78, 5) is 0. The van der Waals surface area contributed by atoms with Crippen LogP contribution in [0, 0.1) is 0 Å². The van der Waals surface area contributed by atoms with E-state index in [9.17, 15) is 0 Å². The van der Waals surface area contributed by atoms with E-state index in [1.807, 2.05) is 6.08 Å². The van der Waals surface area contributed by atoms with Crippen molar-refractivity contribution in [3.63, 3.8) is 0 Å². The lowest BCUT2D eigenvalue weighted by molar-refractivity contribution is 0.0389. The number of aliphatic hydroxyl groups excluding tert-OH is 2. The number of aliphatic hydroxyl groups is 2. The van der Waals surface area contributed by atoms with Crippen molar-refractivity contribution in [3.8, 4) is 0 Å². The highest BCUT2D eigenvalue weighted by molar-refractivity contribution is 4.97. The maximum Gasteiger partial charge on any atom is 0.0980 e. The van der Waals surface area contributed by atoms with E-state index in [0.717, 1.165) is 6.42 Å². The van der Waals surface area contributed by atoms with Gasteiger partial charge in [-0.05, 0) is 12.8 Å². The van der Waals surface area contributed by atoms with Gasteiger partial charge >= 0.3 is 0 Å². The molecule has 0 saturated heterocycles. The molecule has 0 heterocycles. The fraction of sp³-hybridized carbons (Fsp3) is 0.667. The summed E-state index contributed by atoms with van der Waals surface area (Å²) in [5.74, 6) is 0. The Morgan fingerprint density at radius 2 is 2.12 bits per heavy atom. The van der Waals surface area contributed by atoms with E-state index in [-0.39, 0.29) is 0 Å². The Hall–Kier alpha value is -0.340. The van der Waals surface area contributed by atoms with Crippen molar-refractivity contribution in [2.45, 2.75) is 25.0 Å². The van der Waals surface area contributed by atoms with Crippen LogP contribution in [0.2, 0.25) is 0 Å². The van der Waals surface area contributed by atoms with E-state index in [1.165, 1.54) is 0 Å². The van der Waals surface area contributed by atoms with Gasteiger partial charge in [-0.2, -0.15) is 0 Å². The summed E-state index contributed by atoms with van der Waals surface area (Å²) in [5, 5.41) is 17.7. The van der Waals surface area contributed by atoms with Crippen molar-refractivity contribution in [1.82, 2.24) is 0 Å². The molecule has 1 aliphatic rings. The van der Waals surface area contributed by atoms with Crippen LogP contribution in [0.1, 0.15) is 12.8 Å². The molecule has 0 fully saturated rings. The Bertz CT molecular complexity index is 98.7. The second kappa shape index (κ2) is 2.29. The Labute approximate surface area is 48.5 Å². The largest absolute Gasteiger partial charge is 0.390 e. The molecular formula is C6H10O2. The first-order valence-corrected chi connectivity index (χ1v) is 2.83. The fourth-order valence-corrected chi connectivity index (χ4v) is 0.802. The zero-order valence-corrected chi connectivity index (χ0v) is 4.62. The Morgan fingerprint density at radius 1 is 1.38 bits per heavy atom.